The van der Waals surface area contributed by atoms with Crippen LogP contribution in [0.2, 0.25) is 0 Å². The number of carbonyl (C=O) groups excluding carboxylic acids is 1. The van der Waals surface area contributed by atoms with Gasteiger partial charge in [-0.2, -0.15) is 0 Å². The fourth-order valence-electron chi connectivity index (χ4n) is 2.28. The summed E-state index contributed by atoms with van der Waals surface area (Å²) in [4.78, 5) is 17.2. The first-order valence-corrected chi connectivity index (χ1v) is 6.39. The number of carbonyl (C=O) groups is 1. The van der Waals surface area contributed by atoms with Crippen LogP contribution in [0.3, 0.4) is 0 Å². The predicted octanol–water partition coefficient (Wildman–Crippen LogP) is 2.37. The molecule has 0 bridgehead atoms. The van der Waals surface area contributed by atoms with Crippen LogP contribution in [-0.2, 0) is 0 Å². The lowest BCUT2D eigenvalue weighted by molar-refractivity contribution is 0.0956. The molecule has 19 heavy (non-hydrogen) atoms. The van der Waals surface area contributed by atoms with Crippen LogP contribution in [0.25, 0.3) is 0 Å². The molecule has 0 atom stereocenters. The molecule has 2 heterocycles. The number of alkyl halides is 2. The van der Waals surface area contributed by atoms with Crippen molar-refractivity contribution >= 4 is 11.6 Å². The zero-order valence-electron chi connectivity index (χ0n) is 10.8. The lowest BCUT2D eigenvalue weighted by atomic mass is 10.1. The molecule has 1 aromatic heterocycles. The van der Waals surface area contributed by atoms with Gasteiger partial charge in [0, 0.05) is 20.1 Å². The highest BCUT2D eigenvalue weighted by atomic mass is 19.3. The van der Waals surface area contributed by atoms with Crippen molar-refractivity contribution in [1.29, 1.82) is 0 Å². The van der Waals surface area contributed by atoms with E-state index in [1.807, 2.05) is 4.90 Å². The Morgan fingerprint density at radius 2 is 2.00 bits per heavy atom. The summed E-state index contributed by atoms with van der Waals surface area (Å²) in [7, 11) is 1.45. The Bertz CT molecular complexity index is 459. The van der Waals surface area contributed by atoms with Gasteiger partial charge < -0.3 is 10.2 Å². The van der Waals surface area contributed by atoms with Gasteiger partial charge in [-0.15, -0.1) is 0 Å². The van der Waals surface area contributed by atoms with Gasteiger partial charge in [0.25, 0.3) is 12.3 Å². The number of nitrogens with one attached hydrogen (secondary N) is 1. The van der Waals surface area contributed by atoms with Gasteiger partial charge in [-0.3, -0.25) is 4.79 Å². The van der Waals surface area contributed by atoms with Gasteiger partial charge in [0.15, 0.2) is 0 Å². The summed E-state index contributed by atoms with van der Waals surface area (Å²) in [5.74, 6) is -0.452. The van der Waals surface area contributed by atoms with E-state index in [1.54, 1.807) is 6.07 Å². The third kappa shape index (κ3) is 3.00. The van der Waals surface area contributed by atoms with Crippen molar-refractivity contribution in [1.82, 2.24) is 10.3 Å². The van der Waals surface area contributed by atoms with Crippen molar-refractivity contribution in [2.45, 2.75) is 25.7 Å². The number of piperidine rings is 1. The van der Waals surface area contributed by atoms with Crippen LogP contribution < -0.4 is 10.2 Å². The Kier molecular flexibility index (Phi) is 4.29. The van der Waals surface area contributed by atoms with Crippen LogP contribution in [-0.4, -0.2) is 31.0 Å². The number of hydrogen-bond donors (Lipinski definition) is 1. The zero-order valence-corrected chi connectivity index (χ0v) is 10.8. The summed E-state index contributed by atoms with van der Waals surface area (Å²) in [5, 5.41) is 2.39. The maximum Gasteiger partial charge on any atom is 0.282 e. The molecule has 6 heteroatoms. The average molecular weight is 269 g/mol. The van der Waals surface area contributed by atoms with Crippen LogP contribution in [0.1, 0.15) is 41.9 Å². The average Bonchev–Trinajstić information content (AvgIpc) is 2.46. The van der Waals surface area contributed by atoms with Gasteiger partial charge in [-0.1, -0.05) is 0 Å². The van der Waals surface area contributed by atoms with Crippen LogP contribution >= 0.6 is 0 Å². The number of amides is 1. The Hall–Kier alpha value is -1.72. The SMILES string of the molecule is CNC(=O)c1ccc(N2CCCCC2)c(C(F)F)n1. The Morgan fingerprint density at radius 3 is 2.58 bits per heavy atom. The van der Waals surface area contributed by atoms with Crippen molar-refractivity contribution in [3.05, 3.63) is 23.5 Å². The van der Waals surface area contributed by atoms with E-state index < -0.39 is 12.3 Å². The number of pyridine rings is 1. The van der Waals surface area contributed by atoms with E-state index in [9.17, 15) is 13.6 Å². The molecule has 1 saturated heterocycles. The molecule has 0 aliphatic carbocycles. The fraction of sp³-hybridized carbons (Fsp3) is 0.538. The number of nitrogens with zero attached hydrogens (tertiary/aromatic N) is 2. The summed E-state index contributed by atoms with van der Waals surface area (Å²) in [5.41, 5.74) is 0.170. The number of halogens is 2. The van der Waals surface area contributed by atoms with E-state index in [1.165, 1.54) is 13.1 Å². The van der Waals surface area contributed by atoms with E-state index in [4.69, 9.17) is 0 Å². The molecule has 1 fully saturated rings. The number of rotatable bonds is 3. The second-order valence-corrected chi connectivity index (χ2v) is 4.53. The maximum atomic E-state index is 13.1. The van der Waals surface area contributed by atoms with Crippen molar-refractivity contribution < 1.29 is 13.6 Å². The van der Waals surface area contributed by atoms with E-state index in [-0.39, 0.29) is 11.4 Å². The lowest BCUT2D eigenvalue weighted by Gasteiger charge is -2.30. The highest BCUT2D eigenvalue weighted by Gasteiger charge is 2.22. The first-order chi connectivity index (χ1) is 9.13. The standard InChI is InChI=1S/C13H17F2N3O/c1-16-13(19)9-5-6-10(11(17-9)12(14)15)18-7-3-2-4-8-18/h5-6,12H,2-4,7-8H2,1H3,(H,16,19). The van der Waals surface area contributed by atoms with Crippen LogP contribution in [0.15, 0.2) is 12.1 Å². The lowest BCUT2D eigenvalue weighted by Crippen LogP contribution is -2.31. The highest BCUT2D eigenvalue weighted by molar-refractivity contribution is 5.92. The smallest absolute Gasteiger partial charge is 0.282 e. The normalized spacial score (nSPS) is 15.7. The van der Waals surface area contributed by atoms with E-state index in [0.717, 1.165) is 32.4 Å². The quantitative estimate of drug-likeness (QED) is 0.916. The molecule has 1 amide bonds. The molecule has 0 aromatic carbocycles. The minimum Gasteiger partial charge on any atom is -0.370 e. The Morgan fingerprint density at radius 1 is 1.32 bits per heavy atom. The summed E-state index contributed by atoms with van der Waals surface area (Å²) < 4.78 is 26.2. The third-order valence-corrected chi connectivity index (χ3v) is 3.27. The molecule has 1 aliphatic heterocycles. The topological polar surface area (TPSA) is 45.2 Å². The van der Waals surface area contributed by atoms with Crippen LogP contribution in [0.4, 0.5) is 14.5 Å². The molecule has 1 N–H and O–H groups in total. The van der Waals surface area contributed by atoms with Gasteiger partial charge in [-0.25, -0.2) is 13.8 Å². The first kappa shape index (κ1) is 13.7. The van der Waals surface area contributed by atoms with Crippen LogP contribution in [0.5, 0.6) is 0 Å². The van der Waals surface area contributed by atoms with Crippen molar-refractivity contribution in [3.8, 4) is 0 Å². The van der Waals surface area contributed by atoms with Gasteiger partial charge >= 0.3 is 0 Å². The molecule has 0 radical (unpaired) electrons. The number of hydrogen-bond acceptors (Lipinski definition) is 3. The molecule has 1 aliphatic rings. The zero-order chi connectivity index (χ0) is 13.8. The van der Waals surface area contributed by atoms with Gasteiger partial charge in [0.1, 0.15) is 11.4 Å². The predicted molar refractivity (Wildman–Crippen MR) is 68.6 cm³/mol. The van der Waals surface area contributed by atoms with Gasteiger partial charge in [0.2, 0.25) is 0 Å². The number of anilines is 1. The van der Waals surface area contributed by atoms with E-state index >= 15 is 0 Å². The number of aromatic nitrogens is 1. The van der Waals surface area contributed by atoms with Crippen LogP contribution in [0, 0.1) is 0 Å². The third-order valence-electron chi connectivity index (χ3n) is 3.27. The van der Waals surface area contributed by atoms with E-state index in [2.05, 4.69) is 10.3 Å². The molecule has 0 unspecified atom stereocenters. The van der Waals surface area contributed by atoms with Crippen molar-refractivity contribution in [3.63, 3.8) is 0 Å². The van der Waals surface area contributed by atoms with Crippen molar-refractivity contribution in [2.24, 2.45) is 0 Å². The Balaban J connectivity index is 2.34. The summed E-state index contributed by atoms with van der Waals surface area (Å²) >= 11 is 0. The second kappa shape index (κ2) is 5.95. The van der Waals surface area contributed by atoms with E-state index in [0.29, 0.717) is 5.69 Å². The molecular weight excluding hydrogens is 252 g/mol. The van der Waals surface area contributed by atoms with Crippen molar-refractivity contribution in [2.75, 3.05) is 25.0 Å². The molecule has 0 spiro atoms. The summed E-state index contributed by atoms with van der Waals surface area (Å²) in [6, 6.07) is 3.07. The van der Waals surface area contributed by atoms with Gasteiger partial charge in [-0.05, 0) is 31.4 Å². The monoisotopic (exact) mass is 269 g/mol. The largest absolute Gasteiger partial charge is 0.370 e. The first-order valence-electron chi connectivity index (χ1n) is 6.39. The minimum absolute atomic E-state index is 0.0264. The second-order valence-electron chi connectivity index (χ2n) is 4.53. The molecule has 104 valence electrons. The minimum atomic E-state index is -2.68. The molecule has 0 saturated carbocycles. The Labute approximate surface area is 110 Å². The molecular formula is C13H17F2N3O. The fourth-order valence-corrected chi connectivity index (χ4v) is 2.28. The maximum absolute atomic E-state index is 13.1. The van der Waals surface area contributed by atoms with Gasteiger partial charge in [0.05, 0.1) is 5.69 Å². The highest BCUT2D eigenvalue weighted by Crippen LogP contribution is 2.30. The summed E-state index contributed by atoms with van der Waals surface area (Å²) in [6.07, 6.45) is 0.450. The summed E-state index contributed by atoms with van der Waals surface area (Å²) in [6.45, 7) is 1.53. The molecule has 4 nitrogen and oxygen atoms in total. The molecule has 1 aromatic rings. The molecule has 2 rings (SSSR count).